The van der Waals surface area contributed by atoms with E-state index in [1.165, 1.54) is 11.3 Å². The number of carbonyl (C=O) groups is 3. The zero-order valence-corrected chi connectivity index (χ0v) is 17.3. The molecule has 1 aliphatic heterocycles. The molecule has 2 rings (SSSR count). The third-order valence-electron chi connectivity index (χ3n) is 4.77. The predicted octanol–water partition coefficient (Wildman–Crippen LogP) is 1.34. The van der Waals surface area contributed by atoms with Crippen LogP contribution in [0, 0.1) is 19.8 Å². The molecule has 0 aliphatic carbocycles. The molecule has 0 saturated carbocycles. The van der Waals surface area contributed by atoms with Gasteiger partial charge >= 0.3 is 11.9 Å². The highest BCUT2D eigenvalue weighted by molar-refractivity contribution is 7.16. The zero-order chi connectivity index (χ0) is 20.0. The second-order valence-electron chi connectivity index (χ2n) is 6.73. The van der Waals surface area contributed by atoms with Gasteiger partial charge in [-0.25, -0.2) is 4.79 Å². The van der Waals surface area contributed by atoms with Crippen LogP contribution in [-0.2, 0) is 19.1 Å². The number of thiophene rings is 1. The van der Waals surface area contributed by atoms with Crippen molar-refractivity contribution in [1.29, 1.82) is 0 Å². The summed E-state index contributed by atoms with van der Waals surface area (Å²) < 4.78 is 10.2. The van der Waals surface area contributed by atoms with E-state index in [-0.39, 0.29) is 30.9 Å². The molecule has 0 radical (unpaired) electrons. The Hall–Kier alpha value is -1.93. The van der Waals surface area contributed by atoms with Crippen LogP contribution in [-0.4, -0.2) is 50.7 Å². The fraction of sp³-hybridized carbons (Fsp3) is 0.632. The van der Waals surface area contributed by atoms with Crippen LogP contribution in [0.1, 0.15) is 47.5 Å². The van der Waals surface area contributed by atoms with Crippen molar-refractivity contribution in [3.63, 3.8) is 0 Å². The lowest BCUT2D eigenvalue weighted by molar-refractivity contribution is -0.899. The molecule has 0 bridgehead atoms. The maximum atomic E-state index is 12.5. The van der Waals surface area contributed by atoms with Gasteiger partial charge in [-0.15, -0.1) is 11.3 Å². The van der Waals surface area contributed by atoms with Crippen molar-refractivity contribution in [2.75, 3.05) is 38.2 Å². The molecule has 2 N–H and O–H groups in total. The van der Waals surface area contributed by atoms with Crippen LogP contribution in [0.25, 0.3) is 0 Å². The number of piperidine rings is 1. The second kappa shape index (κ2) is 9.85. The van der Waals surface area contributed by atoms with Crippen molar-refractivity contribution >= 4 is 34.2 Å². The van der Waals surface area contributed by atoms with E-state index in [0.717, 1.165) is 34.7 Å². The molecule has 2 heterocycles. The van der Waals surface area contributed by atoms with Gasteiger partial charge in [0.05, 0.1) is 31.9 Å². The van der Waals surface area contributed by atoms with Crippen molar-refractivity contribution < 1.29 is 28.8 Å². The van der Waals surface area contributed by atoms with Crippen LogP contribution >= 0.6 is 11.3 Å². The Morgan fingerprint density at radius 2 is 1.89 bits per heavy atom. The summed E-state index contributed by atoms with van der Waals surface area (Å²) in [7, 11) is 0. The minimum atomic E-state index is -0.414. The number of aryl methyl sites for hydroxylation is 1. The molecule has 1 unspecified atom stereocenters. The number of esters is 2. The number of amides is 1. The van der Waals surface area contributed by atoms with Gasteiger partial charge in [-0.1, -0.05) is 0 Å². The van der Waals surface area contributed by atoms with E-state index in [0.29, 0.717) is 23.7 Å². The van der Waals surface area contributed by atoms with E-state index in [2.05, 4.69) is 5.32 Å². The average Bonchev–Trinajstić information content (AvgIpc) is 2.89. The summed E-state index contributed by atoms with van der Waals surface area (Å²) in [5, 5.41) is 3.40. The summed E-state index contributed by atoms with van der Waals surface area (Å²) in [6.07, 6.45) is 1.69. The fourth-order valence-corrected chi connectivity index (χ4v) is 4.40. The fourth-order valence-electron chi connectivity index (χ4n) is 3.33. The van der Waals surface area contributed by atoms with Gasteiger partial charge in [0.15, 0.2) is 6.54 Å². The van der Waals surface area contributed by atoms with Gasteiger partial charge in [-0.2, -0.15) is 0 Å². The van der Waals surface area contributed by atoms with E-state index in [1.54, 1.807) is 13.8 Å². The Balaban J connectivity index is 2.00. The van der Waals surface area contributed by atoms with Gasteiger partial charge in [0, 0.05) is 4.88 Å². The molecule has 0 aromatic carbocycles. The predicted molar refractivity (Wildman–Crippen MR) is 103 cm³/mol. The summed E-state index contributed by atoms with van der Waals surface area (Å²) >= 11 is 1.38. The number of carbonyl (C=O) groups excluding carboxylic acids is 3. The minimum absolute atomic E-state index is 0.150. The first-order valence-corrected chi connectivity index (χ1v) is 10.3. The molecule has 27 heavy (non-hydrogen) atoms. The Labute approximate surface area is 164 Å². The molecule has 7 nitrogen and oxygen atoms in total. The highest BCUT2D eigenvalue weighted by Gasteiger charge is 2.31. The summed E-state index contributed by atoms with van der Waals surface area (Å²) in [4.78, 5) is 38.8. The molecule has 2 atom stereocenters. The molecule has 150 valence electrons. The monoisotopic (exact) mass is 397 g/mol. The number of quaternary nitrogens is 1. The zero-order valence-electron chi connectivity index (χ0n) is 16.5. The molecular formula is C19H29N2O5S+. The van der Waals surface area contributed by atoms with E-state index < -0.39 is 5.97 Å². The van der Waals surface area contributed by atoms with Gasteiger partial charge in [0.1, 0.15) is 10.9 Å². The molecule has 8 heteroatoms. The van der Waals surface area contributed by atoms with Crippen LogP contribution < -0.4 is 10.2 Å². The third kappa shape index (κ3) is 5.52. The molecule has 0 spiro atoms. The molecular weight excluding hydrogens is 368 g/mol. The van der Waals surface area contributed by atoms with E-state index in [4.69, 9.17) is 9.47 Å². The number of nitrogens with one attached hydrogen (secondary N) is 2. The SMILES string of the molecule is CCOC(=O)c1c(NC(=O)C[NH+]2CCC[C@H](C(=O)OCC)C2)sc(C)c1C. The molecule has 1 aromatic rings. The van der Waals surface area contributed by atoms with Crippen molar-refractivity contribution in [1.82, 2.24) is 0 Å². The van der Waals surface area contributed by atoms with Crippen molar-refractivity contribution in [3.8, 4) is 0 Å². The van der Waals surface area contributed by atoms with E-state index in [9.17, 15) is 14.4 Å². The smallest absolute Gasteiger partial charge is 0.341 e. The Kier molecular flexibility index (Phi) is 7.79. The number of likely N-dealkylation sites (tertiary alicyclic amines) is 1. The largest absolute Gasteiger partial charge is 0.466 e. The number of rotatable bonds is 7. The number of anilines is 1. The van der Waals surface area contributed by atoms with E-state index >= 15 is 0 Å². The van der Waals surface area contributed by atoms with Crippen molar-refractivity contribution in [2.45, 2.75) is 40.5 Å². The Morgan fingerprint density at radius 1 is 1.19 bits per heavy atom. The van der Waals surface area contributed by atoms with Gasteiger partial charge in [0.2, 0.25) is 0 Å². The second-order valence-corrected chi connectivity index (χ2v) is 7.95. The van der Waals surface area contributed by atoms with Gasteiger partial charge in [-0.05, 0) is 46.1 Å². The van der Waals surface area contributed by atoms with E-state index in [1.807, 2.05) is 13.8 Å². The summed E-state index contributed by atoms with van der Waals surface area (Å²) in [6.45, 7) is 9.68. The number of ether oxygens (including phenoxy) is 2. The Morgan fingerprint density at radius 3 is 2.56 bits per heavy atom. The first kappa shape index (κ1) is 21.4. The molecule has 1 aromatic heterocycles. The summed E-state index contributed by atoms with van der Waals surface area (Å²) in [6, 6.07) is 0. The average molecular weight is 398 g/mol. The highest BCUT2D eigenvalue weighted by Crippen LogP contribution is 2.32. The summed E-state index contributed by atoms with van der Waals surface area (Å²) in [5.41, 5.74) is 1.27. The van der Waals surface area contributed by atoms with Gasteiger partial charge < -0.3 is 19.7 Å². The Bertz CT molecular complexity index is 701. The standard InChI is InChI=1S/C19H28N2O5S/c1-5-25-18(23)14-8-7-9-21(10-14)11-15(22)20-17-16(19(24)26-6-2)12(3)13(4)27-17/h14H,5-11H2,1-4H3,(H,20,22)/p+1/t14-/m0/s1. The molecule has 1 fully saturated rings. The van der Waals surface area contributed by atoms with Crippen molar-refractivity contribution in [2.24, 2.45) is 5.92 Å². The van der Waals surface area contributed by atoms with Crippen LogP contribution in [0.4, 0.5) is 5.00 Å². The third-order valence-corrected chi connectivity index (χ3v) is 5.89. The van der Waals surface area contributed by atoms with Gasteiger partial charge in [-0.3, -0.25) is 9.59 Å². The lowest BCUT2D eigenvalue weighted by Gasteiger charge is -2.28. The van der Waals surface area contributed by atoms with Crippen LogP contribution in [0.3, 0.4) is 0 Å². The molecule has 1 saturated heterocycles. The first-order chi connectivity index (χ1) is 12.9. The van der Waals surface area contributed by atoms with Crippen molar-refractivity contribution in [3.05, 3.63) is 16.0 Å². The first-order valence-electron chi connectivity index (χ1n) is 9.44. The quantitative estimate of drug-likeness (QED) is 0.678. The van der Waals surface area contributed by atoms with Crippen LogP contribution in [0.15, 0.2) is 0 Å². The lowest BCUT2D eigenvalue weighted by Crippen LogP contribution is -3.14. The molecule has 1 amide bonds. The maximum absolute atomic E-state index is 12.5. The highest BCUT2D eigenvalue weighted by atomic mass is 32.1. The lowest BCUT2D eigenvalue weighted by atomic mass is 9.98. The number of hydrogen-bond acceptors (Lipinski definition) is 6. The normalized spacial score (nSPS) is 19.4. The van der Waals surface area contributed by atoms with Gasteiger partial charge in [0.25, 0.3) is 5.91 Å². The summed E-state index contributed by atoms with van der Waals surface area (Å²) in [5.74, 6) is -0.907. The van der Waals surface area contributed by atoms with Crippen LogP contribution in [0.5, 0.6) is 0 Å². The molecule has 1 aliphatic rings. The minimum Gasteiger partial charge on any atom is -0.466 e. The van der Waals surface area contributed by atoms with Crippen LogP contribution in [0.2, 0.25) is 0 Å². The maximum Gasteiger partial charge on any atom is 0.341 e. The number of hydrogen-bond donors (Lipinski definition) is 2. The topological polar surface area (TPSA) is 86.1 Å².